The van der Waals surface area contributed by atoms with Crippen LogP contribution in [0.2, 0.25) is 10.0 Å². The Morgan fingerprint density at radius 1 is 0.969 bits per heavy atom. The average molecular weight is 473 g/mol. The summed E-state index contributed by atoms with van der Waals surface area (Å²) in [6.45, 7) is 2.71. The Balaban J connectivity index is 1.67. The molecular weight excluding hydrogens is 443 g/mol. The van der Waals surface area contributed by atoms with Crippen molar-refractivity contribution in [3.8, 4) is 0 Å². The van der Waals surface area contributed by atoms with Gasteiger partial charge in [-0.1, -0.05) is 59.1 Å². The number of carbonyl (C=O) groups excluding carboxylic acids is 2. The van der Waals surface area contributed by atoms with Crippen molar-refractivity contribution in [1.29, 1.82) is 0 Å². The number of benzene rings is 2. The van der Waals surface area contributed by atoms with Gasteiger partial charge in [-0.3, -0.25) is 9.59 Å². The molecule has 3 rings (SSSR count). The molecule has 0 saturated carbocycles. The van der Waals surface area contributed by atoms with Crippen LogP contribution < -0.4 is 5.32 Å². The predicted octanol–water partition coefficient (Wildman–Crippen LogP) is 5.96. The number of nitrogens with zero attached hydrogens (tertiary/aromatic N) is 1. The van der Waals surface area contributed by atoms with E-state index in [-0.39, 0.29) is 18.2 Å². The van der Waals surface area contributed by atoms with E-state index >= 15 is 0 Å². The SMILES string of the molecule is C[C@@H](C(=O)NCCC1=CCCCC1)N(Cc1ccc(Cl)cc1)C(=O)Cc1ccc(Cl)cc1. The van der Waals surface area contributed by atoms with Gasteiger partial charge < -0.3 is 10.2 Å². The molecule has 170 valence electrons. The molecule has 1 atom stereocenters. The van der Waals surface area contributed by atoms with Crippen LogP contribution in [0.15, 0.2) is 60.2 Å². The van der Waals surface area contributed by atoms with Gasteiger partial charge in [-0.25, -0.2) is 0 Å². The van der Waals surface area contributed by atoms with Crippen LogP contribution in [0.25, 0.3) is 0 Å². The second-order valence-electron chi connectivity index (χ2n) is 8.28. The summed E-state index contributed by atoms with van der Waals surface area (Å²) in [5, 5.41) is 4.28. The highest BCUT2D eigenvalue weighted by molar-refractivity contribution is 6.30. The normalized spacial score (nSPS) is 14.4. The number of rotatable bonds is 9. The number of hydrogen-bond donors (Lipinski definition) is 1. The molecule has 6 heteroatoms. The molecule has 0 spiro atoms. The molecule has 1 aliphatic rings. The van der Waals surface area contributed by atoms with Crippen LogP contribution in [0.5, 0.6) is 0 Å². The Labute approximate surface area is 200 Å². The number of nitrogens with one attached hydrogen (secondary N) is 1. The first-order valence-electron chi connectivity index (χ1n) is 11.2. The molecule has 4 nitrogen and oxygen atoms in total. The highest BCUT2D eigenvalue weighted by Crippen LogP contribution is 2.20. The molecule has 0 aliphatic heterocycles. The molecular formula is C26H30Cl2N2O2. The summed E-state index contributed by atoms with van der Waals surface area (Å²) in [7, 11) is 0. The second-order valence-corrected chi connectivity index (χ2v) is 9.15. The minimum absolute atomic E-state index is 0.111. The molecule has 0 aromatic heterocycles. The Bertz CT molecular complexity index is 939. The zero-order chi connectivity index (χ0) is 22.9. The van der Waals surface area contributed by atoms with Gasteiger partial charge in [0, 0.05) is 23.1 Å². The third-order valence-electron chi connectivity index (χ3n) is 5.83. The number of amides is 2. The van der Waals surface area contributed by atoms with E-state index in [1.807, 2.05) is 24.3 Å². The van der Waals surface area contributed by atoms with Crippen LogP contribution in [0.1, 0.15) is 50.2 Å². The minimum atomic E-state index is -0.592. The maximum absolute atomic E-state index is 13.2. The first-order valence-corrected chi connectivity index (χ1v) is 11.9. The van der Waals surface area contributed by atoms with E-state index in [4.69, 9.17) is 23.2 Å². The van der Waals surface area contributed by atoms with Crippen molar-refractivity contribution >= 4 is 35.0 Å². The summed E-state index contributed by atoms with van der Waals surface area (Å²) in [5.41, 5.74) is 3.20. The Morgan fingerprint density at radius 3 is 2.19 bits per heavy atom. The average Bonchev–Trinajstić information content (AvgIpc) is 2.80. The van der Waals surface area contributed by atoms with E-state index in [1.54, 1.807) is 36.1 Å². The zero-order valence-corrected chi connectivity index (χ0v) is 20.0. The van der Waals surface area contributed by atoms with Gasteiger partial charge in [-0.2, -0.15) is 0 Å². The largest absolute Gasteiger partial charge is 0.354 e. The van der Waals surface area contributed by atoms with E-state index in [1.165, 1.54) is 18.4 Å². The molecule has 0 fully saturated rings. The van der Waals surface area contributed by atoms with Crippen molar-refractivity contribution in [2.45, 2.75) is 58.0 Å². The Hall–Kier alpha value is -2.30. The first-order chi connectivity index (χ1) is 15.4. The molecule has 1 N–H and O–H groups in total. The number of allylic oxidation sites excluding steroid dienone is 1. The van der Waals surface area contributed by atoms with Gasteiger partial charge in [0.1, 0.15) is 6.04 Å². The fourth-order valence-electron chi connectivity index (χ4n) is 3.87. The van der Waals surface area contributed by atoms with Gasteiger partial charge in [0.2, 0.25) is 11.8 Å². The zero-order valence-electron chi connectivity index (χ0n) is 18.4. The second kappa shape index (κ2) is 12.1. The van der Waals surface area contributed by atoms with Crippen molar-refractivity contribution in [3.05, 3.63) is 81.4 Å². The van der Waals surface area contributed by atoms with Crippen LogP contribution in [0, 0.1) is 0 Å². The predicted molar refractivity (Wildman–Crippen MR) is 131 cm³/mol. The highest BCUT2D eigenvalue weighted by atomic mass is 35.5. The summed E-state index contributed by atoms with van der Waals surface area (Å²) < 4.78 is 0. The van der Waals surface area contributed by atoms with Crippen LogP contribution in [-0.4, -0.2) is 29.3 Å². The number of hydrogen-bond acceptors (Lipinski definition) is 2. The van der Waals surface area contributed by atoms with Gasteiger partial charge in [-0.15, -0.1) is 0 Å². The van der Waals surface area contributed by atoms with Gasteiger partial charge in [0.05, 0.1) is 6.42 Å². The van der Waals surface area contributed by atoms with E-state index in [2.05, 4.69) is 11.4 Å². The molecule has 2 aromatic rings. The van der Waals surface area contributed by atoms with E-state index in [0.717, 1.165) is 30.4 Å². The van der Waals surface area contributed by atoms with Crippen LogP contribution in [0.3, 0.4) is 0 Å². The van der Waals surface area contributed by atoms with Crippen molar-refractivity contribution in [1.82, 2.24) is 10.2 Å². The topological polar surface area (TPSA) is 49.4 Å². The first kappa shape index (κ1) is 24.3. The highest BCUT2D eigenvalue weighted by Gasteiger charge is 2.26. The van der Waals surface area contributed by atoms with Crippen molar-refractivity contribution in [2.75, 3.05) is 6.54 Å². The van der Waals surface area contributed by atoms with E-state index in [0.29, 0.717) is 23.1 Å². The number of halogens is 2. The van der Waals surface area contributed by atoms with E-state index in [9.17, 15) is 9.59 Å². The van der Waals surface area contributed by atoms with Crippen molar-refractivity contribution in [2.24, 2.45) is 0 Å². The molecule has 1 aliphatic carbocycles. The molecule has 2 amide bonds. The van der Waals surface area contributed by atoms with Crippen LogP contribution >= 0.6 is 23.2 Å². The fourth-order valence-corrected chi connectivity index (χ4v) is 4.13. The fraction of sp³-hybridized carbons (Fsp3) is 0.385. The molecule has 0 unspecified atom stereocenters. The quantitative estimate of drug-likeness (QED) is 0.457. The lowest BCUT2D eigenvalue weighted by Gasteiger charge is -2.29. The van der Waals surface area contributed by atoms with Gasteiger partial charge >= 0.3 is 0 Å². The summed E-state index contributed by atoms with van der Waals surface area (Å²) in [5.74, 6) is -0.250. The van der Waals surface area contributed by atoms with Crippen molar-refractivity contribution in [3.63, 3.8) is 0 Å². The van der Waals surface area contributed by atoms with Gasteiger partial charge in [0.25, 0.3) is 0 Å². The molecule has 0 radical (unpaired) electrons. The molecule has 0 bridgehead atoms. The van der Waals surface area contributed by atoms with Crippen LogP contribution in [-0.2, 0) is 22.6 Å². The van der Waals surface area contributed by atoms with Crippen LogP contribution in [0.4, 0.5) is 0 Å². The molecule has 0 heterocycles. The molecule has 0 saturated heterocycles. The van der Waals surface area contributed by atoms with Crippen molar-refractivity contribution < 1.29 is 9.59 Å². The lowest BCUT2D eigenvalue weighted by atomic mass is 9.97. The summed E-state index contributed by atoms with van der Waals surface area (Å²) in [4.78, 5) is 27.8. The summed E-state index contributed by atoms with van der Waals surface area (Å²) in [6.07, 6.45) is 8.10. The Morgan fingerprint density at radius 2 is 1.59 bits per heavy atom. The third kappa shape index (κ3) is 7.39. The smallest absolute Gasteiger partial charge is 0.242 e. The van der Waals surface area contributed by atoms with E-state index < -0.39 is 6.04 Å². The monoisotopic (exact) mass is 472 g/mol. The maximum atomic E-state index is 13.2. The number of carbonyl (C=O) groups is 2. The molecule has 32 heavy (non-hydrogen) atoms. The Kier molecular flexibility index (Phi) is 9.19. The lowest BCUT2D eigenvalue weighted by Crippen LogP contribution is -2.48. The standard InChI is InChI=1S/C26H30Cl2N2O2/c1-19(26(32)29-16-15-20-5-3-2-4-6-20)30(18-22-9-13-24(28)14-10-22)25(31)17-21-7-11-23(27)12-8-21/h5,7-14,19H,2-4,6,15-18H2,1H3,(H,29,32)/t19-/m0/s1. The molecule has 2 aromatic carbocycles. The minimum Gasteiger partial charge on any atom is -0.354 e. The van der Waals surface area contributed by atoms with Gasteiger partial charge in [0.15, 0.2) is 0 Å². The maximum Gasteiger partial charge on any atom is 0.242 e. The van der Waals surface area contributed by atoms with Gasteiger partial charge in [-0.05, 0) is 74.4 Å². The lowest BCUT2D eigenvalue weighted by molar-refractivity contribution is -0.140. The third-order valence-corrected chi connectivity index (χ3v) is 6.34. The summed E-state index contributed by atoms with van der Waals surface area (Å²) >= 11 is 12.0. The summed E-state index contributed by atoms with van der Waals surface area (Å²) in [6, 6.07) is 14.0.